The molecule has 0 radical (unpaired) electrons. The minimum atomic E-state index is 0.195. The molecular weight excluding hydrogens is 408 g/mol. The zero-order valence-corrected chi connectivity index (χ0v) is 18.6. The number of rotatable bonds is 8. The summed E-state index contributed by atoms with van der Waals surface area (Å²) >= 11 is 0. The summed E-state index contributed by atoms with van der Waals surface area (Å²) in [7, 11) is 1.74. The molecule has 1 atom stereocenters. The van der Waals surface area contributed by atoms with E-state index in [1.807, 2.05) is 25.1 Å². The number of hydrogen-bond acceptors (Lipinski definition) is 7. The molecule has 9 nitrogen and oxygen atoms in total. The van der Waals surface area contributed by atoms with E-state index in [0.717, 1.165) is 23.5 Å². The molecule has 0 spiro atoms. The lowest BCUT2D eigenvalue weighted by atomic mass is 10.1. The van der Waals surface area contributed by atoms with E-state index < -0.39 is 0 Å². The predicted molar refractivity (Wildman–Crippen MR) is 121 cm³/mol. The molecular formula is C23H28N6O3. The zero-order chi connectivity index (χ0) is 22.3. The Labute approximate surface area is 187 Å². The molecule has 168 valence electrons. The number of aromatic nitrogens is 3. The van der Waals surface area contributed by atoms with Crippen LogP contribution in [-0.4, -0.2) is 47.4 Å². The van der Waals surface area contributed by atoms with Crippen LogP contribution in [0.15, 0.2) is 46.0 Å². The monoisotopic (exact) mass is 436 g/mol. The molecule has 1 aromatic carbocycles. The molecule has 0 saturated heterocycles. The average molecular weight is 437 g/mol. The Morgan fingerprint density at radius 2 is 2.19 bits per heavy atom. The summed E-state index contributed by atoms with van der Waals surface area (Å²) in [4.78, 5) is 12.9. The summed E-state index contributed by atoms with van der Waals surface area (Å²) in [5, 5.41) is 10.6. The topological polar surface area (TPSA) is 107 Å². The van der Waals surface area contributed by atoms with Gasteiger partial charge in [-0.3, -0.25) is 9.98 Å². The number of guanidine groups is 1. The minimum absolute atomic E-state index is 0.195. The Kier molecular flexibility index (Phi) is 6.84. The summed E-state index contributed by atoms with van der Waals surface area (Å²) in [6, 6.07) is 9.71. The van der Waals surface area contributed by atoms with Crippen molar-refractivity contribution in [3.63, 3.8) is 0 Å². The van der Waals surface area contributed by atoms with Crippen molar-refractivity contribution in [3.8, 4) is 23.1 Å². The maximum absolute atomic E-state index is 5.91. The second-order valence-corrected chi connectivity index (χ2v) is 7.47. The molecule has 1 unspecified atom stereocenters. The van der Waals surface area contributed by atoms with Crippen LogP contribution in [0.25, 0.3) is 11.6 Å². The lowest BCUT2D eigenvalue weighted by Crippen LogP contribution is -2.38. The van der Waals surface area contributed by atoms with Crippen molar-refractivity contribution in [3.05, 3.63) is 53.5 Å². The van der Waals surface area contributed by atoms with E-state index in [-0.39, 0.29) is 6.10 Å². The average Bonchev–Trinajstić information content (AvgIpc) is 3.42. The first-order chi connectivity index (χ1) is 15.7. The number of fused-ring (bicyclic) bond motifs is 1. The first kappa shape index (κ1) is 21.6. The van der Waals surface area contributed by atoms with Gasteiger partial charge in [0.15, 0.2) is 11.8 Å². The van der Waals surface area contributed by atoms with Crippen LogP contribution in [0.2, 0.25) is 0 Å². The highest BCUT2D eigenvalue weighted by Gasteiger charge is 2.22. The van der Waals surface area contributed by atoms with Crippen molar-refractivity contribution in [2.75, 3.05) is 20.2 Å². The maximum Gasteiger partial charge on any atom is 0.276 e. The summed E-state index contributed by atoms with van der Waals surface area (Å²) in [5.41, 5.74) is 2.88. The number of aliphatic imine (C=N–C) groups is 1. The SMILES string of the molecule is CCOc1cc2c(cc1CNC(=NC)NCCc1noc(-c3ccccn3)n1)OC(C)C2. The van der Waals surface area contributed by atoms with Gasteiger partial charge in [0.05, 0.1) is 6.61 Å². The Morgan fingerprint density at radius 3 is 2.97 bits per heavy atom. The van der Waals surface area contributed by atoms with Gasteiger partial charge in [0.1, 0.15) is 23.3 Å². The summed E-state index contributed by atoms with van der Waals surface area (Å²) in [5.74, 6) is 3.51. The number of hydrogen-bond donors (Lipinski definition) is 2. The largest absolute Gasteiger partial charge is 0.494 e. The van der Waals surface area contributed by atoms with Crippen LogP contribution >= 0.6 is 0 Å². The molecule has 3 heterocycles. The molecule has 0 aliphatic carbocycles. The van der Waals surface area contributed by atoms with E-state index in [1.165, 1.54) is 5.56 Å². The highest BCUT2D eigenvalue weighted by molar-refractivity contribution is 5.79. The predicted octanol–water partition coefficient (Wildman–Crippen LogP) is 2.76. The van der Waals surface area contributed by atoms with E-state index in [2.05, 4.69) is 49.8 Å². The smallest absolute Gasteiger partial charge is 0.276 e. The standard InChI is InChI=1S/C23H28N6O3/c1-4-30-19-12-16-11-15(2)31-20(16)13-17(19)14-27-23(24-3)26-10-8-21-28-22(32-29-21)18-7-5-6-9-25-18/h5-7,9,12-13,15H,4,8,10-11,14H2,1-3H3,(H2,24,26,27). The number of nitrogens with zero attached hydrogens (tertiary/aromatic N) is 4. The highest BCUT2D eigenvalue weighted by Crippen LogP contribution is 2.35. The molecule has 1 aliphatic rings. The van der Waals surface area contributed by atoms with Gasteiger partial charge >= 0.3 is 0 Å². The first-order valence-corrected chi connectivity index (χ1v) is 10.8. The van der Waals surface area contributed by atoms with Crippen molar-refractivity contribution in [1.82, 2.24) is 25.8 Å². The van der Waals surface area contributed by atoms with Crippen molar-refractivity contribution < 1.29 is 14.0 Å². The molecule has 0 fully saturated rings. The third-order valence-corrected chi connectivity index (χ3v) is 5.04. The van der Waals surface area contributed by atoms with Crippen LogP contribution in [0, 0.1) is 0 Å². The molecule has 4 rings (SSSR count). The van der Waals surface area contributed by atoms with Gasteiger partial charge in [0.2, 0.25) is 0 Å². The van der Waals surface area contributed by atoms with E-state index in [0.29, 0.717) is 49.5 Å². The van der Waals surface area contributed by atoms with E-state index >= 15 is 0 Å². The molecule has 2 aromatic heterocycles. The van der Waals surface area contributed by atoms with Gasteiger partial charge in [-0.1, -0.05) is 11.2 Å². The lowest BCUT2D eigenvalue weighted by molar-refractivity contribution is 0.254. The van der Waals surface area contributed by atoms with Crippen LogP contribution in [0.1, 0.15) is 30.8 Å². The van der Waals surface area contributed by atoms with Gasteiger partial charge < -0.3 is 24.6 Å². The van der Waals surface area contributed by atoms with Gasteiger partial charge in [-0.05, 0) is 38.1 Å². The quantitative estimate of drug-likeness (QED) is 0.410. The van der Waals surface area contributed by atoms with E-state index in [4.69, 9.17) is 14.0 Å². The van der Waals surface area contributed by atoms with Crippen LogP contribution in [0.5, 0.6) is 11.5 Å². The van der Waals surface area contributed by atoms with Crippen LogP contribution in [-0.2, 0) is 19.4 Å². The third kappa shape index (κ3) is 5.16. The van der Waals surface area contributed by atoms with Gasteiger partial charge in [-0.25, -0.2) is 0 Å². The van der Waals surface area contributed by atoms with Crippen molar-refractivity contribution in [2.45, 2.75) is 39.3 Å². The van der Waals surface area contributed by atoms with E-state index in [1.54, 1.807) is 13.2 Å². The van der Waals surface area contributed by atoms with Crippen molar-refractivity contribution in [1.29, 1.82) is 0 Å². The second-order valence-electron chi connectivity index (χ2n) is 7.47. The lowest BCUT2D eigenvalue weighted by Gasteiger charge is -2.15. The van der Waals surface area contributed by atoms with Gasteiger partial charge in [0.25, 0.3) is 5.89 Å². The first-order valence-electron chi connectivity index (χ1n) is 10.8. The van der Waals surface area contributed by atoms with Crippen molar-refractivity contribution in [2.24, 2.45) is 4.99 Å². The Hall–Kier alpha value is -3.62. The molecule has 32 heavy (non-hydrogen) atoms. The van der Waals surface area contributed by atoms with Crippen LogP contribution in [0.3, 0.4) is 0 Å². The minimum Gasteiger partial charge on any atom is -0.494 e. The number of benzene rings is 1. The number of pyridine rings is 1. The second kappa shape index (κ2) is 10.1. The zero-order valence-electron chi connectivity index (χ0n) is 18.6. The van der Waals surface area contributed by atoms with Crippen molar-refractivity contribution >= 4 is 5.96 Å². The number of nitrogens with one attached hydrogen (secondary N) is 2. The summed E-state index contributed by atoms with van der Waals surface area (Å²) in [6.45, 7) is 5.84. The molecule has 3 aromatic rings. The third-order valence-electron chi connectivity index (χ3n) is 5.04. The molecule has 2 N–H and O–H groups in total. The Morgan fingerprint density at radius 1 is 1.28 bits per heavy atom. The van der Waals surface area contributed by atoms with Crippen LogP contribution < -0.4 is 20.1 Å². The van der Waals surface area contributed by atoms with Gasteiger partial charge in [0, 0.05) is 50.3 Å². The van der Waals surface area contributed by atoms with E-state index in [9.17, 15) is 0 Å². The Bertz CT molecular complexity index is 1070. The molecule has 1 aliphatic heterocycles. The molecule has 9 heteroatoms. The highest BCUT2D eigenvalue weighted by atomic mass is 16.5. The Balaban J connectivity index is 1.31. The molecule has 0 saturated carbocycles. The normalized spacial score (nSPS) is 15.2. The molecule has 0 amide bonds. The van der Waals surface area contributed by atoms with Gasteiger partial charge in [-0.15, -0.1) is 0 Å². The maximum atomic E-state index is 5.91. The summed E-state index contributed by atoms with van der Waals surface area (Å²) in [6.07, 6.45) is 3.39. The number of ether oxygens (including phenoxy) is 2. The molecule has 0 bridgehead atoms. The van der Waals surface area contributed by atoms with Crippen LogP contribution in [0.4, 0.5) is 0 Å². The fourth-order valence-corrected chi connectivity index (χ4v) is 3.55. The fourth-order valence-electron chi connectivity index (χ4n) is 3.55. The summed E-state index contributed by atoms with van der Waals surface area (Å²) < 4.78 is 17.1. The fraction of sp³-hybridized carbons (Fsp3) is 0.391. The van der Waals surface area contributed by atoms with Gasteiger partial charge in [-0.2, -0.15) is 4.98 Å².